The number of aryl methyl sites for hydroxylation is 2. The number of H-pyrrole nitrogens is 1. The summed E-state index contributed by atoms with van der Waals surface area (Å²) < 4.78 is 0. The van der Waals surface area contributed by atoms with E-state index in [1.54, 1.807) is 0 Å². The van der Waals surface area contributed by atoms with Gasteiger partial charge in [0.25, 0.3) is 5.56 Å². The van der Waals surface area contributed by atoms with Crippen molar-refractivity contribution in [1.29, 1.82) is 0 Å². The van der Waals surface area contributed by atoms with Crippen molar-refractivity contribution >= 4 is 23.5 Å². The second-order valence-corrected chi connectivity index (χ2v) is 4.12. The molecule has 0 bridgehead atoms. The van der Waals surface area contributed by atoms with E-state index in [9.17, 15) is 4.79 Å². The number of hydrogen-bond donors (Lipinski definition) is 2. The molecule has 0 unspecified atom stereocenters. The highest BCUT2D eigenvalue weighted by molar-refractivity contribution is 7.80. The van der Waals surface area contributed by atoms with Crippen LogP contribution >= 0.6 is 12.6 Å². The molecule has 0 spiro atoms. The number of nitrogens with one attached hydrogen (secondary N) is 1. The molecule has 0 fully saturated rings. The molecule has 0 aliphatic rings. The summed E-state index contributed by atoms with van der Waals surface area (Å²) in [5.41, 5.74) is 2.90. The maximum Gasteiger partial charge on any atom is 0.251 e. The number of aromatic amines is 1. The van der Waals surface area contributed by atoms with Crippen LogP contribution in [-0.2, 0) is 6.42 Å². The van der Waals surface area contributed by atoms with Crippen LogP contribution in [0.4, 0.5) is 0 Å². The highest BCUT2D eigenvalue weighted by Crippen LogP contribution is 2.14. The summed E-state index contributed by atoms with van der Waals surface area (Å²) in [6.07, 6.45) is 0.956. The molecule has 15 heavy (non-hydrogen) atoms. The van der Waals surface area contributed by atoms with E-state index in [4.69, 9.17) is 0 Å². The van der Waals surface area contributed by atoms with E-state index in [1.807, 2.05) is 25.1 Å². The van der Waals surface area contributed by atoms with Gasteiger partial charge < -0.3 is 4.98 Å². The number of rotatable bonds is 2. The minimum Gasteiger partial charge on any atom is -0.322 e. The van der Waals surface area contributed by atoms with Crippen LogP contribution in [0.25, 0.3) is 10.9 Å². The predicted molar refractivity (Wildman–Crippen MR) is 66.9 cm³/mol. The smallest absolute Gasteiger partial charge is 0.251 e. The first-order valence-electron chi connectivity index (χ1n) is 4.94. The van der Waals surface area contributed by atoms with Gasteiger partial charge in [-0.2, -0.15) is 12.6 Å². The van der Waals surface area contributed by atoms with Gasteiger partial charge in [0.15, 0.2) is 0 Å². The first-order chi connectivity index (χ1) is 7.20. The molecule has 0 saturated carbocycles. The topological polar surface area (TPSA) is 32.9 Å². The highest BCUT2D eigenvalue weighted by Gasteiger charge is 1.99. The van der Waals surface area contributed by atoms with E-state index in [2.05, 4.69) is 23.7 Å². The van der Waals surface area contributed by atoms with Gasteiger partial charge in [-0.3, -0.25) is 4.79 Å². The van der Waals surface area contributed by atoms with Gasteiger partial charge in [0.2, 0.25) is 0 Å². The average molecular weight is 219 g/mol. The van der Waals surface area contributed by atoms with Crippen LogP contribution in [0.5, 0.6) is 0 Å². The molecule has 0 radical (unpaired) electrons. The fourth-order valence-corrected chi connectivity index (χ4v) is 1.91. The summed E-state index contributed by atoms with van der Waals surface area (Å²) in [5.74, 6) is 0.841. The minimum absolute atomic E-state index is 0.00977. The van der Waals surface area contributed by atoms with Crippen molar-refractivity contribution in [2.24, 2.45) is 0 Å². The van der Waals surface area contributed by atoms with Gasteiger partial charge >= 0.3 is 0 Å². The Morgan fingerprint density at radius 3 is 2.87 bits per heavy atom. The molecule has 0 aliphatic carbocycles. The molecule has 78 valence electrons. The van der Waals surface area contributed by atoms with Crippen LogP contribution in [0.1, 0.15) is 11.1 Å². The number of aromatic nitrogens is 1. The summed E-state index contributed by atoms with van der Waals surface area (Å²) in [5, 5.41) is 1.09. The lowest BCUT2D eigenvalue weighted by Gasteiger charge is -2.02. The van der Waals surface area contributed by atoms with Gasteiger partial charge in [0.1, 0.15) is 0 Å². The van der Waals surface area contributed by atoms with E-state index in [1.165, 1.54) is 5.56 Å². The molecule has 0 amide bonds. The summed E-state index contributed by atoms with van der Waals surface area (Å²) in [7, 11) is 0. The highest BCUT2D eigenvalue weighted by atomic mass is 32.1. The molecular formula is C12H13NOS. The third kappa shape index (κ3) is 2.07. The second kappa shape index (κ2) is 4.11. The van der Waals surface area contributed by atoms with Crippen molar-refractivity contribution in [2.75, 3.05) is 5.75 Å². The number of hydrogen-bond acceptors (Lipinski definition) is 2. The fourth-order valence-electron chi connectivity index (χ4n) is 1.65. The molecular weight excluding hydrogens is 206 g/mol. The molecule has 2 rings (SSSR count). The number of benzene rings is 1. The Morgan fingerprint density at radius 1 is 1.33 bits per heavy atom. The number of fused-ring (bicyclic) bond motifs is 1. The molecule has 2 nitrogen and oxygen atoms in total. The van der Waals surface area contributed by atoms with Crippen molar-refractivity contribution < 1.29 is 0 Å². The molecule has 3 heteroatoms. The maximum atomic E-state index is 11.4. The third-order valence-corrected chi connectivity index (χ3v) is 2.72. The second-order valence-electron chi connectivity index (χ2n) is 3.68. The van der Waals surface area contributed by atoms with Gasteiger partial charge in [-0.15, -0.1) is 0 Å². The van der Waals surface area contributed by atoms with Gasteiger partial charge in [-0.1, -0.05) is 6.07 Å². The van der Waals surface area contributed by atoms with Crippen LogP contribution < -0.4 is 5.56 Å². The largest absolute Gasteiger partial charge is 0.322 e. The van der Waals surface area contributed by atoms with Crippen LogP contribution in [0.3, 0.4) is 0 Å². The van der Waals surface area contributed by atoms with Crippen molar-refractivity contribution in [3.8, 4) is 0 Å². The SMILES string of the molecule is Cc1cc2cc(CCS)ccc2[nH]c1=O. The maximum absolute atomic E-state index is 11.4. The first-order valence-corrected chi connectivity index (χ1v) is 5.57. The van der Waals surface area contributed by atoms with Crippen molar-refractivity contribution in [1.82, 2.24) is 4.98 Å². The molecule has 1 aromatic heterocycles. The molecule has 0 aliphatic heterocycles. The Hall–Kier alpha value is -1.22. The Labute approximate surface area is 93.7 Å². The van der Waals surface area contributed by atoms with E-state index in [-0.39, 0.29) is 5.56 Å². The zero-order valence-electron chi connectivity index (χ0n) is 8.58. The molecule has 0 atom stereocenters. The minimum atomic E-state index is -0.00977. The fraction of sp³-hybridized carbons (Fsp3) is 0.250. The summed E-state index contributed by atoms with van der Waals surface area (Å²) >= 11 is 4.21. The average Bonchev–Trinajstić information content (AvgIpc) is 2.21. The third-order valence-electron chi connectivity index (χ3n) is 2.49. The lowest BCUT2D eigenvalue weighted by molar-refractivity contribution is 1.16. The van der Waals surface area contributed by atoms with Crippen LogP contribution in [0.15, 0.2) is 29.1 Å². The zero-order chi connectivity index (χ0) is 10.8. The molecule has 1 heterocycles. The monoisotopic (exact) mass is 219 g/mol. The van der Waals surface area contributed by atoms with E-state index < -0.39 is 0 Å². The lowest BCUT2D eigenvalue weighted by atomic mass is 10.1. The van der Waals surface area contributed by atoms with Crippen molar-refractivity contribution in [2.45, 2.75) is 13.3 Å². The molecule has 0 saturated heterocycles. The Kier molecular flexibility index (Phi) is 2.82. The number of thiol groups is 1. The summed E-state index contributed by atoms with van der Waals surface area (Å²) in [6.45, 7) is 1.82. The summed E-state index contributed by atoms with van der Waals surface area (Å²) in [4.78, 5) is 14.2. The molecule has 2 aromatic rings. The van der Waals surface area contributed by atoms with Crippen LogP contribution in [0.2, 0.25) is 0 Å². The first kappa shape index (κ1) is 10.3. The van der Waals surface area contributed by atoms with Gasteiger partial charge in [0.05, 0.1) is 0 Å². The van der Waals surface area contributed by atoms with Gasteiger partial charge in [-0.05, 0) is 48.2 Å². The van der Waals surface area contributed by atoms with Crippen LogP contribution in [0, 0.1) is 6.92 Å². The molecule has 1 N–H and O–H groups in total. The Balaban J connectivity index is 2.61. The van der Waals surface area contributed by atoms with E-state index in [0.29, 0.717) is 0 Å². The van der Waals surface area contributed by atoms with E-state index >= 15 is 0 Å². The quantitative estimate of drug-likeness (QED) is 0.746. The van der Waals surface area contributed by atoms with Crippen molar-refractivity contribution in [3.05, 3.63) is 45.7 Å². The van der Waals surface area contributed by atoms with Gasteiger partial charge in [-0.25, -0.2) is 0 Å². The number of pyridine rings is 1. The van der Waals surface area contributed by atoms with Crippen LogP contribution in [-0.4, -0.2) is 10.7 Å². The van der Waals surface area contributed by atoms with E-state index in [0.717, 1.165) is 28.6 Å². The zero-order valence-corrected chi connectivity index (χ0v) is 9.47. The molecule has 1 aromatic carbocycles. The standard InChI is InChI=1S/C12H13NOS/c1-8-6-10-7-9(4-5-15)2-3-11(10)13-12(8)14/h2-3,6-7,15H,4-5H2,1H3,(H,13,14). The Bertz CT molecular complexity index is 545. The normalized spacial score (nSPS) is 10.8. The lowest BCUT2D eigenvalue weighted by Crippen LogP contribution is -2.08. The van der Waals surface area contributed by atoms with Crippen molar-refractivity contribution in [3.63, 3.8) is 0 Å². The Morgan fingerprint density at radius 2 is 2.13 bits per heavy atom. The predicted octanol–water partition coefficient (Wildman–Crippen LogP) is 2.31. The summed E-state index contributed by atoms with van der Waals surface area (Å²) in [6, 6.07) is 8.02. The van der Waals surface area contributed by atoms with Gasteiger partial charge in [0, 0.05) is 11.1 Å².